The zero-order valence-corrected chi connectivity index (χ0v) is 9.71. The van der Waals surface area contributed by atoms with Crippen LogP contribution in [-0.4, -0.2) is 0 Å². The predicted molar refractivity (Wildman–Crippen MR) is 73.0 cm³/mol. The van der Waals surface area contributed by atoms with E-state index >= 15 is 0 Å². The normalized spacial score (nSPS) is 9.20. The van der Waals surface area contributed by atoms with E-state index in [1.165, 1.54) is 27.8 Å². The fourth-order valence-electron chi connectivity index (χ4n) is 2.11. The highest BCUT2D eigenvalue weighted by molar-refractivity contribution is 5.49. The Balaban J connectivity index is 0. The number of hydrogen-bond donors (Lipinski definition) is 0. The van der Waals surface area contributed by atoms with Gasteiger partial charge < -0.3 is 0 Å². The Morgan fingerprint density at radius 3 is 1.13 bits per heavy atom. The minimum atomic E-state index is 0. The highest BCUT2D eigenvalue weighted by atomic mass is 14.1. The fraction of sp³-hybridized carbons (Fsp3) is 0.600. The molecule has 0 aliphatic carbocycles. The van der Waals surface area contributed by atoms with Crippen LogP contribution in [0.2, 0.25) is 0 Å². The van der Waals surface area contributed by atoms with Gasteiger partial charge in [-0.2, -0.15) is 0 Å². The predicted octanol–water partition coefficient (Wildman–Crippen LogP) is 5.06. The summed E-state index contributed by atoms with van der Waals surface area (Å²) in [7, 11) is 0. The van der Waals surface area contributed by atoms with Crippen molar-refractivity contribution < 1.29 is 0 Å². The molecule has 0 heterocycles. The maximum Gasteiger partial charge on any atom is -0.0302 e. The molecule has 1 aromatic rings. The van der Waals surface area contributed by atoms with Crippen LogP contribution in [0, 0.1) is 34.6 Å². The maximum absolute atomic E-state index is 2.24. The molecule has 0 spiro atoms. The van der Waals surface area contributed by atoms with Gasteiger partial charge in [0.2, 0.25) is 0 Å². The van der Waals surface area contributed by atoms with Crippen molar-refractivity contribution in [2.75, 3.05) is 0 Å². The molecule has 0 bridgehead atoms. The second-order valence-electron chi connectivity index (χ2n) is 3.96. The Bertz CT molecular complexity index is 303. The largest absolute Gasteiger partial charge is 0.0776 e. The molecule has 0 nitrogen and oxygen atoms in total. The summed E-state index contributed by atoms with van der Waals surface area (Å²) < 4.78 is 0. The third-order valence-electron chi connectivity index (χ3n) is 3.51. The summed E-state index contributed by atoms with van der Waals surface area (Å²) in [6.07, 6.45) is 1.15. The van der Waals surface area contributed by atoms with Gasteiger partial charge in [0, 0.05) is 0 Å². The highest BCUT2D eigenvalue weighted by Gasteiger charge is 2.09. The topological polar surface area (TPSA) is 0 Å². The molecule has 15 heavy (non-hydrogen) atoms. The zero-order valence-electron chi connectivity index (χ0n) is 9.71. The van der Waals surface area contributed by atoms with Gasteiger partial charge in [0.1, 0.15) is 0 Å². The minimum Gasteiger partial charge on any atom is -0.0776 e. The number of rotatable bonds is 1. The van der Waals surface area contributed by atoms with Crippen molar-refractivity contribution in [3.63, 3.8) is 0 Å². The van der Waals surface area contributed by atoms with Crippen LogP contribution in [0.4, 0.5) is 0 Å². The molecular weight excluding hydrogens is 180 g/mol. The second-order valence-corrected chi connectivity index (χ2v) is 3.96. The van der Waals surface area contributed by atoms with E-state index in [9.17, 15) is 0 Å². The molecule has 0 atom stereocenters. The molecule has 0 aromatic heterocycles. The quantitative estimate of drug-likeness (QED) is 0.605. The summed E-state index contributed by atoms with van der Waals surface area (Å²) in [5.41, 5.74) is 8.93. The first-order valence-corrected chi connectivity index (χ1v) is 5.06. The van der Waals surface area contributed by atoms with Crippen LogP contribution >= 0.6 is 0 Å². The van der Waals surface area contributed by atoms with E-state index in [1.54, 1.807) is 5.56 Å². The summed E-state index contributed by atoms with van der Waals surface area (Å²) in [4.78, 5) is 0. The van der Waals surface area contributed by atoms with Gasteiger partial charge in [0.15, 0.2) is 0 Å². The molecule has 0 radical (unpaired) electrons. The lowest BCUT2D eigenvalue weighted by molar-refractivity contribution is 1.03. The van der Waals surface area contributed by atoms with Crippen LogP contribution < -0.4 is 0 Å². The molecule has 0 unspecified atom stereocenters. The number of benzene rings is 1. The van der Waals surface area contributed by atoms with E-state index in [0.29, 0.717) is 0 Å². The van der Waals surface area contributed by atoms with Gasteiger partial charge >= 0.3 is 0 Å². The fourth-order valence-corrected chi connectivity index (χ4v) is 2.11. The SMILES string of the molecule is C.C.CCc1c(C)c(C)c(C)c(C)c1C. The van der Waals surface area contributed by atoms with Crippen molar-refractivity contribution in [1.29, 1.82) is 0 Å². The molecule has 0 saturated heterocycles. The van der Waals surface area contributed by atoms with E-state index in [4.69, 9.17) is 0 Å². The van der Waals surface area contributed by atoms with Gasteiger partial charge in [-0.15, -0.1) is 0 Å². The molecule has 0 fully saturated rings. The van der Waals surface area contributed by atoms with E-state index in [-0.39, 0.29) is 14.9 Å². The molecule has 1 aromatic carbocycles. The Morgan fingerprint density at radius 2 is 0.867 bits per heavy atom. The van der Waals surface area contributed by atoms with Crippen LogP contribution in [0.25, 0.3) is 0 Å². The lowest BCUT2D eigenvalue weighted by Crippen LogP contribution is -2.01. The molecule has 0 aliphatic rings. The number of hydrogen-bond acceptors (Lipinski definition) is 0. The van der Waals surface area contributed by atoms with Crippen molar-refractivity contribution in [2.24, 2.45) is 0 Å². The first-order chi connectivity index (χ1) is 6.00. The van der Waals surface area contributed by atoms with E-state index in [0.717, 1.165) is 6.42 Å². The van der Waals surface area contributed by atoms with Gasteiger partial charge in [-0.3, -0.25) is 0 Å². The Kier molecular flexibility index (Phi) is 6.60. The van der Waals surface area contributed by atoms with Crippen LogP contribution in [0.5, 0.6) is 0 Å². The van der Waals surface area contributed by atoms with Gasteiger partial charge in [-0.05, 0) is 74.4 Å². The highest BCUT2D eigenvalue weighted by Crippen LogP contribution is 2.25. The Morgan fingerprint density at radius 1 is 0.600 bits per heavy atom. The zero-order chi connectivity index (χ0) is 10.2. The average Bonchev–Trinajstić information content (AvgIpc) is 2.13. The van der Waals surface area contributed by atoms with Crippen molar-refractivity contribution in [2.45, 2.75) is 62.8 Å². The molecule has 0 aliphatic heterocycles. The van der Waals surface area contributed by atoms with E-state index < -0.39 is 0 Å². The van der Waals surface area contributed by atoms with Gasteiger partial charge in [-0.1, -0.05) is 21.8 Å². The summed E-state index contributed by atoms with van der Waals surface area (Å²) in [5, 5.41) is 0. The Hall–Kier alpha value is -0.780. The first kappa shape index (κ1) is 16.6. The first-order valence-electron chi connectivity index (χ1n) is 5.06. The molecule has 1 rings (SSSR count). The van der Waals surface area contributed by atoms with E-state index in [1.807, 2.05) is 0 Å². The summed E-state index contributed by atoms with van der Waals surface area (Å²) in [6.45, 7) is 13.4. The smallest absolute Gasteiger partial charge is 0.0302 e. The van der Waals surface area contributed by atoms with Crippen molar-refractivity contribution in [1.82, 2.24) is 0 Å². The minimum absolute atomic E-state index is 0. The summed E-state index contributed by atoms with van der Waals surface area (Å²) >= 11 is 0. The van der Waals surface area contributed by atoms with Crippen LogP contribution in [-0.2, 0) is 6.42 Å². The lowest BCUT2D eigenvalue weighted by Gasteiger charge is -2.17. The van der Waals surface area contributed by atoms with Crippen molar-refractivity contribution in [3.05, 3.63) is 33.4 Å². The molecule has 0 amide bonds. The van der Waals surface area contributed by atoms with Crippen molar-refractivity contribution in [3.8, 4) is 0 Å². The maximum atomic E-state index is 2.24. The lowest BCUT2D eigenvalue weighted by atomic mass is 9.89. The summed E-state index contributed by atoms with van der Waals surface area (Å²) in [5.74, 6) is 0. The summed E-state index contributed by atoms with van der Waals surface area (Å²) in [6, 6.07) is 0. The van der Waals surface area contributed by atoms with Gasteiger partial charge in [-0.25, -0.2) is 0 Å². The molecular formula is C15H28. The van der Waals surface area contributed by atoms with Gasteiger partial charge in [0.05, 0.1) is 0 Å². The van der Waals surface area contributed by atoms with Crippen LogP contribution in [0.15, 0.2) is 0 Å². The van der Waals surface area contributed by atoms with Crippen LogP contribution in [0.1, 0.15) is 55.2 Å². The standard InChI is InChI=1S/C13H20.2CH4/c1-7-13-11(5)9(3)8(2)10(4)12(13)6;;/h7H2,1-6H3;2*1H4. The Labute approximate surface area is 96.7 Å². The molecule has 0 heteroatoms. The third-order valence-corrected chi connectivity index (χ3v) is 3.51. The molecule has 0 saturated carbocycles. The monoisotopic (exact) mass is 208 g/mol. The van der Waals surface area contributed by atoms with Gasteiger partial charge in [0.25, 0.3) is 0 Å². The average molecular weight is 208 g/mol. The molecule has 0 N–H and O–H groups in total. The molecule has 88 valence electrons. The third kappa shape index (κ3) is 2.62. The second kappa shape index (κ2) is 5.95. The van der Waals surface area contributed by atoms with Crippen molar-refractivity contribution >= 4 is 0 Å². The van der Waals surface area contributed by atoms with E-state index in [2.05, 4.69) is 41.5 Å². The van der Waals surface area contributed by atoms with Crippen LogP contribution in [0.3, 0.4) is 0 Å².